The number of nitrogens with zero attached hydrogens (tertiary/aromatic N) is 1. The molecular formula is C8H13NO. The predicted molar refractivity (Wildman–Crippen MR) is 43.2 cm³/mol. The van der Waals surface area contributed by atoms with E-state index in [0.29, 0.717) is 0 Å². The summed E-state index contributed by atoms with van der Waals surface area (Å²) < 4.78 is 0. The van der Waals surface area contributed by atoms with Gasteiger partial charge in [-0.1, -0.05) is 19.4 Å². The lowest BCUT2D eigenvalue weighted by Crippen LogP contribution is -1.80. The Morgan fingerprint density at radius 3 is 2.80 bits per heavy atom. The molecule has 0 aromatic heterocycles. The number of hydrogen-bond donors (Lipinski definition) is 0. The van der Waals surface area contributed by atoms with Gasteiger partial charge in [0.1, 0.15) is 0 Å². The van der Waals surface area contributed by atoms with Gasteiger partial charge in [0.2, 0.25) is 5.91 Å². The van der Waals surface area contributed by atoms with Crippen LogP contribution >= 0.6 is 0 Å². The van der Waals surface area contributed by atoms with Crippen LogP contribution in [0.3, 0.4) is 0 Å². The van der Waals surface area contributed by atoms with Crippen molar-refractivity contribution in [3.63, 3.8) is 0 Å². The Kier molecular flexibility index (Phi) is 5.63. The van der Waals surface area contributed by atoms with E-state index in [-0.39, 0.29) is 5.91 Å². The Balaban J connectivity index is 3.42. The van der Waals surface area contributed by atoms with Crippen LogP contribution < -0.4 is 0 Å². The van der Waals surface area contributed by atoms with Crippen LogP contribution in [-0.2, 0) is 4.79 Å². The van der Waals surface area contributed by atoms with E-state index < -0.39 is 0 Å². The Morgan fingerprint density at radius 1 is 1.60 bits per heavy atom. The highest BCUT2D eigenvalue weighted by Gasteiger charge is 1.77. The summed E-state index contributed by atoms with van der Waals surface area (Å²) in [5, 5.41) is 0. The molecule has 0 aliphatic rings. The highest BCUT2D eigenvalue weighted by Crippen LogP contribution is 1.86. The molecule has 2 heteroatoms. The van der Waals surface area contributed by atoms with E-state index in [0.717, 1.165) is 12.8 Å². The van der Waals surface area contributed by atoms with Gasteiger partial charge in [-0.15, -0.1) is 0 Å². The van der Waals surface area contributed by atoms with Crippen LogP contribution in [0.25, 0.3) is 0 Å². The van der Waals surface area contributed by atoms with Crippen molar-refractivity contribution in [2.24, 2.45) is 4.99 Å². The van der Waals surface area contributed by atoms with Gasteiger partial charge in [-0.05, 0) is 12.5 Å². The zero-order valence-corrected chi connectivity index (χ0v) is 6.50. The Labute approximate surface area is 61.7 Å². The molecule has 0 unspecified atom stereocenters. The fourth-order valence-corrected chi connectivity index (χ4v) is 0.472. The summed E-state index contributed by atoms with van der Waals surface area (Å²) in [6.45, 7) is 3.54. The van der Waals surface area contributed by atoms with E-state index in [4.69, 9.17) is 0 Å². The molecule has 0 atom stereocenters. The maximum atomic E-state index is 10.2. The Bertz CT molecular complexity index is 147. The Morgan fingerprint density at radius 2 is 2.30 bits per heavy atom. The summed E-state index contributed by atoms with van der Waals surface area (Å²) in [6, 6.07) is 0. The summed E-state index contributed by atoms with van der Waals surface area (Å²) in [5.74, 6) is -0.152. The van der Waals surface area contributed by atoms with Crippen molar-refractivity contribution >= 4 is 12.1 Å². The third kappa shape index (κ3) is 7.08. The normalized spacial score (nSPS) is 11.4. The number of allylic oxidation sites excluding steroid dienone is 2. The number of hydrogen-bond acceptors (Lipinski definition) is 1. The van der Waals surface area contributed by atoms with Crippen molar-refractivity contribution in [2.45, 2.75) is 26.7 Å². The molecule has 1 amide bonds. The van der Waals surface area contributed by atoms with Crippen molar-refractivity contribution in [1.29, 1.82) is 0 Å². The van der Waals surface area contributed by atoms with Crippen molar-refractivity contribution in [3.05, 3.63) is 12.2 Å². The van der Waals surface area contributed by atoms with Crippen molar-refractivity contribution in [1.82, 2.24) is 0 Å². The second-order valence-electron chi connectivity index (χ2n) is 2.01. The molecule has 0 radical (unpaired) electrons. The van der Waals surface area contributed by atoms with Crippen LogP contribution in [0.15, 0.2) is 17.1 Å². The van der Waals surface area contributed by atoms with Crippen molar-refractivity contribution in [3.8, 4) is 0 Å². The maximum Gasteiger partial charge on any atom is 0.242 e. The monoisotopic (exact) mass is 139 g/mol. The SMILES string of the molecule is CCC/C=C\C=NC(C)=O. The van der Waals surface area contributed by atoms with E-state index in [1.165, 1.54) is 13.1 Å². The number of rotatable bonds is 3. The third-order valence-corrected chi connectivity index (χ3v) is 0.934. The summed E-state index contributed by atoms with van der Waals surface area (Å²) in [6.07, 6.45) is 7.49. The summed E-state index contributed by atoms with van der Waals surface area (Å²) >= 11 is 0. The second-order valence-corrected chi connectivity index (χ2v) is 2.01. The van der Waals surface area contributed by atoms with Gasteiger partial charge < -0.3 is 0 Å². The molecule has 0 bridgehead atoms. The van der Waals surface area contributed by atoms with Crippen LogP contribution in [0.2, 0.25) is 0 Å². The first-order valence-corrected chi connectivity index (χ1v) is 3.47. The smallest absolute Gasteiger partial charge is 0.242 e. The van der Waals surface area contributed by atoms with E-state index in [9.17, 15) is 4.79 Å². The van der Waals surface area contributed by atoms with Gasteiger partial charge in [-0.25, -0.2) is 4.99 Å². The standard InChI is InChI=1S/C8H13NO/c1-3-4-5-6-7-9-8(2)10/h5-7H,3-4H2,1-2H3/b6-5-,9-7?. The minimum atomic E-state index is -0.152. The van der Waals surface area contributed by atoms with Crippen LogP contribution in [0.4, 0.5) is 0 Å². The van der Waals surface area contributed by atoms with Crippen LogP contribution in [0.1, 0.15) is 26.7 Å². The van der Waals surface area contributed by atoms with Gasteiger partial charge in [0.05, 0.1) is 0 Å². The molecule has 0 aromatic rings. The summed E-state index contributed by atoms with van der Waals surface area (Å²) in [7, 11) is 0. The number of carbonyl (C=O) groups excluding carboxylic acids is 1. The average molecular weight is 139 g/mol. The lowest BCUT2D eigenvalue weighted by atomic mass is 10.3. The van der Waals surface area contributed by atoms with E-state index in [1.54, 1.807) is 6.08 Å². The molecule has 10 heavy (non-hydrogen) atoms. The number of unbranched alkanes of at least 4 members (excludes halogenated alkanes) is 1. The fourth-order valence-electron chi connectivity index (χ4n) is 0.472. The fraction of sp³-hybridized carbons (Fsp3) is 0.500. The third-order valence-electron chi connectivity index (χ3n) is 0.934. The van der Waals surface area contributed by atoms with Gasteiger partial charge >= 0.3 is 0 Å². The average Bonchev–Trinajstić information content (AvgIpc) is 1.87. The predicted octanol–water partition coefficient (Wildman–Crippen LogP) is 1.96. The van der Waals surface area contributed by atoms with Gasteiger partial charge in [0.15, 0.2) is 0 Å². The highest BCUT2D eigenvalue weighted by molar-refractivity contribution is 5.86. The molecule has 0 aliphatic heterocycles. The first-order chi connectivity index (χ1) is 4.77. The number of carbonyl (C=O) groups is 1. The molecule has 0 saturated carbocycles. The molecule has 0 rings (SSSR count). The molecule has 0 saturated heterocycles. The van der Waals surface area contributed by atoms with Crippen LogP contribution in [-0.4, -0.2) is 12.1 Å². The molecule has 0 spiro atoms. The molecular weight excluding hydrogens is 126 g/mol. The first kappa shape index (κ1) is 9.08. The van der Waals surface area contributed by atoms with Crippen molar-refractivity contribution < 1.29 is 4.79 Å². The summed E-state index contributed by atoms with van der Waals surface area (Å²) in [4.78, 5) is 13.8. The maximum absolute atomic E-state index is 10.2. The Hall–Kier alpha value is -0.920. The second kappa shape index (κ2) is 6.20. The highest BCUT2D eigenvalue weighted by atomic mass is 16.1. The lowest BCUT2D eigenvalue weighted by molar-refractivity contribution is -0.115. The number of amides is 1. The van der Waals surface area contributed by atoms with E-state index in [2.05, 4.69) is 11.9 Å². The molecule has 0 N–H and O–H groups in total. The minimum absolute atomic E-state index is 0.152. The molecule has 0 fully saturated rings. The van der Waals surface area contributed by atoms with Gasteiger partial charge in [0, 0.05) is 13.1 Å². The van der Waals surface area contributed by atoms with Crippen molar-refractivity contribution in [2.75, 3.05) is 0 Å². The van der Waals surface area contributed by atoms with Crippen LogP contribution in [0.5, 0.6) is 0 Å². The zero-order valence-electron chi connectivity index (χ0n) is 6.50. The lowest BCUT2D eigenvalue weighted by Gasteiger charge is -1.79. The molecule has 2 nitrogen and oxygen atoms in total. The molecule has 0 heterocycles. The van der Waals surface area contributed by atoms with Gasteiger partial charge in [-0.2, -0.15) is 0 Å². The van der Waals surface area contributed by atoms with E-state index >= 15 is 0 Å². The molecule has 0 aliphatic carbocycles. The topological polar surface area (TPSA) is 29.4 Å². The first-order valence-electron chi connectivity index (χ1n) is 3.47. The van der Waals surface area contributed by atoms with E-state index in [1.807, 2.05) is 6.08 Å². The van der Waals surface area contributed by atoms with Crippen LogP contribution in [0, 0.1) is 0 Å². The number of aliphatic imine (C=N–C) groups is 1. The van der Waals surface area contributed by atoms with Gasteiger partial charge in [0.25, 0.3) is 0 Å². The largest absolute Gasteiger partial charge is 0.273 e. The zero-order chi connectivity index (χ0) is 7.82. The summed E-state index contributed by atoms with van der Waals surface area (Å²) in [5.41, 5.74) is 0. The molecule has 0 aromatic carbocycles. The minimum Gasteiger partial charge on any atom is -0.273 e. The van der Waals surface area contributed by atoms with Gasteiger partial charge in [-0.3, -0.25) is 4.79 Å². The molecule has 56 valence electrons. The quantitative estimate of drug-likeness (QED) is 0.549.